The Kier molecular flexibility index (Phi) is 4.16. The smallest absolute Gasteiger partial charge is 0.408 e. The Labute approximate surface area is 103 Å². The van der Waals surface area contributed by atoms with Crippen molar-refractivity contribution in [1.29, 1.82) is 0 Å². The van der Waals surface area contributed by atoms with Gasteiger partial charge in [-0.1, -0.05) is 24.3 Å². The third-order valence-electron chi connectivity index (χ3n) is 2.39. The lowest BCUT2D eigenvalue weighted by molar-refractivity contribution is 0.0508. The number of benzene rings is 1. The zero-order valence-corrected chi connectivity index (χ0v) is 11.2. The van der Waals surface area contributed by atoms with Crippen molar-refractivity contribution in [2.24, 2.45) is 0 Å². The van der Waals surface area contributed by atoms with Crippen LogP contribution in [0.5, 0.6) is 0 Å². The molecule has 0 radical (unpaired) electrons. The lowest BCUT2D eigenvalue weighted by Gasteiger charge is -2.22. The van der Waals surface area contributed by atoms with Gasteiger partial charge in [-0.3, -0.25) is 0 Å². The van der Waals surface area contributed by atoms with Gasteiger partial charge in [0.05, 0.1) is 6.04 Å². The van der Waals surface area contributed by atoms with Gasteiger partial charge < -0.3 is 10.1 Å². The molecule has 0 unspecified atom stereocenters. The maximum atomic E-state index is 11.6. The Balaban J connectivity index is 2.64. The predicted octanol–water partition coefficient (Wildman–Crippen LogP) is 3.58. The van der Waals surface area contributed by atoms with Crippen LogP contribution in [0.3, 0.4) is 0 Å². The van der Waals surface area contributed by atoms with Crippen LogP contribution in [-0.4, -0.2) is 11.7 Å². The van der Waals surface area contributed by atoms with Gasteiger partial charge in [-0.05, 0) is 45.7 Å². The summed E-state index contributed by atoms with van der Waals surface area (Å²) in [6.45, 7) is 9.54. The van der Waals surface area contributed by atoms with Gasteiger partial charge in [0, 0.05) is 0 Å². The maximum Gasteiger partial charge on any atom is 0.408 e. The molecule has 0 saturated heterocycles. The molecule has 0 saturated carbocycles. The van der Waals surface area contributed by atoms with Crippen LogP contribution in [-0.2, 0) is 4.74 Å². The summed E-state index contributed by atoms with van der Waals surface area (Å²) in [5.41, 5.74) is 1.81. The number of ether oxygens (including phenoxy) is 1. The largest absolute Gasteiger partial charge is 0.444 e. The summed E-state index contributed by atoms with van der Waals surface area (Å²) < 4.78 is 5.22. The number of alkyl carbamates (subject to hydrolysis) is 1. The van der Waals surface area contributed by atoms with E-state index in [1.807, 2.05) is 58.9 Å². The van der Waals surface area contributed by atoms with E-state index in [1.165, 1.54) is 0 Å². The van der Waals surface area contributed by atoms with Crippen molar-refractivity contribution in [3.05, 3.63) is 35.4 Å². The first-order valence-electron chi connectivity index (χ1n) is 5.84. The van der Waals surface area contributed by atoms with Gasteiger partial charge in [-0.2, -0.15) is 0 Å². The van der Waals surface area contributed by atoms with Crippen LogP contribution in [0.4, 0.5) is 4.79 Å². The van der Waals surface area contributed by atoms with Crippen LogP contribution in [0.2, 0.25) is 0 Å². The van der Waals surface area contributed by atoms with E-state index in [1.54, 1.807) is 0 Å². The molecule has 1 amide bonds. The molecule has 1 N–H and O–H groups in total. The molecule has 0 aliphatic heterocycles. The van der Waals surface area contributed by atoms with Crippen molar-refractivity contribution >= 4 is 6.09 Å². The Morgan fingerprint density at radius 2 is 1.88 bits per heavy atom. The molecule has 0 spiro atoms. The zero-order chi connectivity index (χ0) is 13.1. The van der Waals surface area contributed by atoms with Crippen LogP contribution < -0.4 is 5.32 Å². The van der Waals surface area contributed by atoms with Gasteiger partial charge in [0.1, 0.15) is 5.60 Å². The number of nitrogens with one attached hydrogen (secondary N) is 1. The molecule has 0 aliphatic rings. The van der Waals surface area contributed by atoms with E-state index in [0.29, 0.717) is 0 Å². The number of rotatable bonds is 2. The van der Waals surface area contributed by atoms with Crippen LogP contribution in [0.25, 0.3) is 0 Å². The van der Waals surface area contributed by atoms with E-state index in [0.717, 1.165) is 11.1 Å². The maximum absolute atomic E-state index is 11.6. The van der Waals surface area contributed by atoms with Gasteiger partial charge in [-0.25, -0.2) is 4.79 Å². The highest BCUT2D eigenvalue weighted by molar-refractivity contribution is 5.68. The van der Waals surface area contributed by atoms with Crippen molar-refractivity contribution < 1.29 is 9.53 Å². The van der Waals surface area contributed by atoms with Gasteiger partial charge in [-0.15, -0.1) is 0 Å². The number of carbonyl (C=O) groups excluding carboxylic acids is 1. The Morgan fingerprint density at radius 1 is 1.29 bits per heavy atom. The molecule has 3 nitrogen and oxygen atoms in total. The highest BCUT2D eigenvalue weighted by atomic mass is 16.6. The topological polar surface area (TPSA) is 38.3 Å². The average Bonchev–Trinajstić information content (AvgIpc) is 2.14. The summed E-state index contributed by atoms with van der Waals surface area (Å²) in [5.74, 6) is 0. The highest BCUT2D eigenvalue weighted by Crippen LogP contribution is 2.17. The minimum absolute atomic E-state index is 0.0500. The second kappa shape index (κ2) is 5.21. The molecular weight excluding hydrogens is 214 g/mol. The Morgan fingerprint density at radius 3 is 2.41 bits per heavy atom. The summed E-state index contributed by atoms with van der Waals surface area (Å²) in [6.07, 6.45) is -0.381. The molecule has 0 aliphatic carbocycles. The van der Waals surface area contributed by atoms with E-state index in [2.05, 4.69) is 5.32 Å². The fourth-order valence-corrected chi connectivity index (χ4v) is 1.63. The summed E-state index contributed by atoms with van der Waals surface area (Å²) in [7, 11) is 0. The van der Waals surface area contributed by atoms with E-state index < -0.39 is 5.60 Å². The first kappa shape index (κ1) is 13.6. The van der Waals surface area contributed by atoms with E-state index in [9.17, 15) is 4.79 Å². The van der Waals surface area contributed by atoms with Crippen molar-refractivity contribution in [3.8, 4) is 0 Å². The van der Waals surface area contributed by atoms with E-state index in [-0.39, 0.29) is 12.1 Å². The average molecular weight is 235 g/mol. The second-order valence-corrected chi connectivity index (χ2v) is 5.22. The molecular formula is C14H21NO2. The zero-order valence-electron chi connectivity index (χ0n) is 11.2. The van der Waals surface area contributed by atoms with E-state index >= 15 is 0 Å². The third-order valence-corrected chi connectivity index (χ3v) is 2.39. The normalized spacial score (nSPS) is 13.0. The summed E-state index contributed by atoms with van der Waals surface area (Å²) in [5, 5.41) is 2.83. The number of hydrogen-bond acceptors (Lipinski definition) is 2. The molecule has 1 rings (SSSR count). The molecule has 94 valence electrons. The van der Waals surface area contributed by atoms with E-state index in [4.69, 9.17) is 4.74 Å². The minimum atomic E-state index is -0.463. The van der Waals surface area contributed by atoms with Gasteiger partial charge >= 0.3 is 6.09 Å². The summed E-state index contributed by atoms with van der Waals surface area (Å²) in [6, 6.07) is 7.94. The fourth-order valence-electron chi connectivity index (χ4n) is 1.63. The lowest BCUT2D eigenvalue weighted by atomic mass is 10.0. The SMILES string of the molecule is Cc1ccccc1[C@@H](C)NC(=O)OC(C)(C)C. The van der Waals surface area contributed by atoms with Crippen molar-refractivity contribution in [2.45, 2.75) is 46.3 Å². The summed E-state index contributed by atoms with van der Waals surface area (Å²) in [4.78, 5) is 11.6. The minimum Gasteiger partial charge on any atom is -0.444 e. The highest BCUT2D eigenvalue weighted by Gasteiger charge is 2.18. The molecule has 17 heavy (non-hydrogen) atoms. The number of hydrogen-bond donors (Lipinski definition) is 1. The fraction of sp³-hybridized carbons (Fsp3) is 0.500. The van der Waals surface area contributed by atoms with Crippen molar-refractivity contribution in [3.63, 3.8) is 0 Å². The van der Waals surface area contributed by atoms with Crippen LogP contribution in [0, 0.1) is 6.92 Å². The number of amides is 1. The molecule has 0 bridgehead atoms. The lowest BCUT2D eigenvalue weighted by Crippen LogP contribution is -2.34. The molecule has 1 aromatic rings. The standard InChI is InChI=1S/C14H21NO2/c1-10-8-6-7-9-12(10)11(2)15-13(16)17-14(3,4)5/h6-9,11H,1-5H3,(H,15,16)/t11-/m1/s1. The number of carbonyl (C=O) groups is 1. The molecule has 0 aromatic heterocycles. The van der Waals surface area contributed by atoms with Crippen LogP contribution >= 0.6 is 0 Å². The van der Waals surface area contributed by atoms with Crippen molar-refractivity contribution in [2.75, 3.05) is 0 Å². The predicted molar refractivity (Wildman–Crippen MR) is 69.0 cm³/mol. The molecule has 1 atom stereocenters. The van der Waals surface area contributed by atoms with Crippen molar-refractivity contribution in [1.82, 2.24) is 5.32 Å². The third kappa shape index (κ3) is 4.47. The first-order chi connectivity index (χ1) is 7.79. The Hall–Kier alpha value is -1.51. The monoisotopic (exact) mass is 235 g/mol. The molecule has 1 aromatic carbocycles. The Bertz CT molecular complexity index is 393. The van der Waals surface area contributed by atoms with Crippen LogP contribution in [0.1, 0.15) is 44.9 Å². The number of aryl methyl sites for hydroxylation is 1. The molecule has 3 heteroatoms. The van der Waals surface area contributed by atoms with Crippen LogP contribution in [0.15, 0.2) is 24.3 Å². The van der Waals surface area contributed by atoms with Gasteiger partial charge in [0.15, 0.2) is 0 Å². The van der Waals surface area contributed by atoms with Gasteiger partial charge in [0.2, 0.25) is 0 Å². The second-order valence-electron chi connectivity index (χ2n) is 5.22. The molecule has 0 heterocycles. The quantitative estimate of drug-likeness (QED) is 0.850. The molecule has 0 fully saturated rings. The summed E-state index contributed by atoms with van der Waals surface area (Å²) >= 11 is 0. The first-order valence-corrected chi connectivity index (χ1v) is 5.84. The van der Waals surface area contributed by atoms with Gasteiger partial charge in [0.25, 0.3) is 0 Å².